The van der Waals surface area contributed by atoms with Gasteiger partial charge < -0.3 is 20.3 Å². The zero-order valence-electron chi connectivity index (χ0n) is 15.7. The maximum atomic E-state index is 12.5. The molecule has 158 valence electrons. The molecule has 4 rings (SSSR count). The number of carbonyl (C=O) groups excluding carboxylic acids is 1. The van der Waals surface area contributed by atoms with Crippen molar-refractivity contribution in [2.24, 2.45) is 0 Å². The molecule has 1 amide bonds. The molecule has 3 aromatic rings. The van der Waals surface area contributed by atoms with E-state index in [1.165, 1.54) is 0 Å². The second-order valence-electron chi connectivity index (χ2n) is 6.53. The second kappa shape index (κ2) is 8.95. The molecule has 10 heteroatoms. The minimum absolute atomic E-state index is 0.0997. The number of aromatic amines is 1. The van der Waals surface area contributed by atoms with Gasteiger partial charge in [0.1, 0.15) is 5.82 Å². The van der Waals surface area contributed by atoms with Gasteiger partial charge in [-0.3, -0.25) is 4.79 Å². The van der Waals surface area contributed by atoms with E-state index in [0.29, 0.717) is 0 Å². The number of nitrogens with zero attached hydrogens (tertiary/aromatic N) is 2. The maximum absolute atomic E-state index is 12.5. The number of hydrogen-bond donors (Lipinski definition) is 3. The van der Waals surface area contributed by atoms with Crippen LogP contribution in [0.3, 0.4) is 0 Å². The number of amides is 1. The molecule has 7 nitrogen and oxygen atoms in total. The van der Waals surface area contributed by atoms with E-state index < -0.39 is 12.1 Å². The van der Waals surface area contributed by atoms with Crippen LogP contribution >= 0.6 is 0 Å². The lowest BCUT2D eigenvalue weighted by Crippen LogP contribution is -2.46. The summed E-state index contributed by atoms with van der Waals surface area (Å²) in [5.41, 5.74) is 3.68. The SMILES string of the molecule is O=C(O)C(F)(F)F.O=C(c1ccc(-c2nc3ccccc3[nH]2)cc1)N1CCNCC1. The monoisotopic (exact) mass is 420 g/mol. The summed E-state index contributed by atoms with van der Waals surface area (Å²) >= 11 is 0. The largest absolute Gasteiger partial charge is 0.490 e. The van der Waals surface area contributed by atoms with E-state index in [1.54, 1.807) is 0 Å². The van der Waals surface area contributed by atoms with Gasteiger partial charge in [0.05, 0.1) is 11.0 Å². The number of carbonyl (C=O) groups is 2. The molecular weight excluding hydrogens is 401 g/mol. The van der Waals surface area contributed by atoms with Crippen LogP contribution in [0.25, 0.3) is 22.4 Å². The lowest BCUT2D eigenvalue weighted by atomic mass is 10.1. The number of alkyl halides is 3. The van der Waals surface area contributed by atoms with Gasteiger partial charge in [0.15, 0.2) is 0 Å². The number of nitrogens with one attached hydrogen (secondary N) is 2. The molecule has 0 radical (unpaired) electrons. The fourth-order valence-electron chi connectivity index (χ4n) is 2.91. The van der Waals surface area contributed by atoms with Gasteiger partial charge in [0.2, 0.25) is 0 Å². The number of halogens is 3. The van der Waals surface area contributed by atoms with Crippen molar-refractivity contribution in [3.63, 3.8) is 0 Å². The van der Waals surface area contributed by atoms with E-state index in [2.05, 4.69) is 15.3 Å². The molecule has 0 unspecified atom stereocenters. The topological polar surface area (TPSA) is 98.3 Å². The van der Waals surface area contributed by atoms with Crippen molar-refractivity contribution in [1.29, 1.82) is 0 Å². The standard InChI is InChI=1S/C18H18N4O.C2HF3O2/c23-18(22-11-9-19-10-12-22)14-7-5-13(6-8-14)17-20-15-3-1-2-4-16(15)21-17;3-2(4,5)1(6)7/h1-8,19H,9-12H2,(H,20,21);(H,6,7). The van der Waals surface area contributed by atoms with E-state index in [9.17, 15) is 18.0 Å². The second-order valence-corrected chi connectivity index (χ2v) is 6.53. The summed E-state index contributed by atoms with van der Waals surface area (Å²) in [5.74, 6) is -1.83. The summed E-state index contributed by atoms with van der Waals surface area (Å²) in [6, 6.07) is 15.6. The number of carboxylic acids is 1. The maximum Gasteiger partial charge on any atom is 0.490 e. The van der Waals surface area contributed by atoms with Crippen LogP contribution < -0.4 is 5.32 Å². The van der Waals surface area contributed by atoms with Gasteiger partial charge in [-0.15, -0.1) is 0 Å². The van der Waals surface area contributed by atoms with Crippen LogP contribution in [0.15, 0.2) is 48.5 Å². The minimum atomic E-state index is -5.08. The summed E-state index contributed by atoms with van der Waals surface area (Å²) in [4.78, 5) is 31.2. The molecule has 2 aromatic carbocycles. The lowest BCUT2D eigenvalue weighted by molar-refractivity contribution is -0.192. The van der Waals surface area contributed by atoms with Gasteiger partial charge in [-0.1, -0.05) is 24.3 Å². The Labute approximate surface area is 169 Å². The molecular formula is C20H19F3N4O3. The number of benzene rings is 2. The van der Waals surface area contributed by atoms with Crippen LogP contribution in [0.5, 0.6) is 0 Å². The molecule has 30 heavy (non-hydrogen) atoms. The summed E-state index contributed by atoms with van der Waals surface area (Å²) in [7, 11) is 0. The van der Waals surface area contributed by atoms with Gasteiger partial charge in [0, 0.05) is 37.3 Å². The van der Waals surface area contributed by atoms with Crippen LogP contribution in [-0.4, -0.2) is 64.2 Å². The number of aromatic nitrogens is 2. The Hall–Kier alpha value is -3.40. The lowest BCUT2D eigenvalue weighted by Gasteiger charge is -2.27. The van der Waals surface area contributed by atoms with Crippen LogP contribution in [0.4, 0.5) is 13.2 Å². The third-order valence-electron chi connectivity index (χ3n) is 4.44. The van der Waals surface area contributed by atoms with Crippen LogP contribution in [0, 0.1) is 0 Å². The van der Waals surface area contributed by atoms with Crippen molar-refractivity contribution in [2.45, 2.75) is 6.18 Å². The number of aliphatic carboxylic acids is 1. The molecule has 0 saturated carbocycles. The van der Waals surface area contributed by atoms with Crippen molar-refractivity contribution in [3.8, 4) is 11.4 Å². The molecule has 0 spiro atoms. The quantitative estimate of drug-likeness (QED) is 0.592. The fourth-order valence-corrected chi connectivity index (χ4v) is 2.91. The Morgan fingerprint density at radius 1 is 1.00 bits per heavy atom. The summed E-state index contributed by atoms with van der Waals surface area (Å²) in [6.07, 6.45) is -5.08. The first-order chi connectivity index (χ1) is 14.3. The van der Waals surface area contributed by atoms with Crippen molar-refractivity contribution >= 4 is 22.9 Å². The van der Waals surface area contributed by atoms with Gasteiger partial charge in [-0.2, -0.15) is 13.2 Å². The van der Waals surface area contributed by atoms with Crippen molar-refractivity contribution in [3.05, 3.63) is 54.1 Å². The number of carboxylic acid groups (broad SMARTS) is 1. The van der Waals surface area contributed by atoms with Crippen LogP contribution in [0.2, 0.25) is 0 Å². The van der Waals surface area contributed by atoms with E-state index in [1.807, 2.05) is 53.4 Å². The summed E-state index contributed by atoms with van der Waals surface area (Å²) in [6.45, 7) is 3.26. The Morgan fingerprint density at radius 3 is 2.17 bits per heavy atom. The summed E-state index contributed by atoms with van der Waals surface area (Å²) < 4.78 is 31.7. The van der Waals surface area contributed by atoms with E-state index in [4.69, 9.17) is 9.90 Å². The highest BCUT2D eigenvalue weighted by atomic mass is 19.4. The molecule has 1 saturated heterocycles. The van der Waals surface area contributed by atoms with E-state index in [0.717, 1.165) is 54.2 Å². The van der Waals surface area contributed by atoms with E-state index in [-0.39, 0.29) is 5.91 Å². The molecule has 1 aliphatic rings. The first-order valence-corrected chi connectivity index (χ1v) is 9.11. The zero-order chi connectivity index (χ0) is 21.7. The number of imidazole rings is 1. The molecule has 1 aliphatic heterocycles. The van der Waals surface area contributed by atoms with Crippen molar-refractivity contribution < 1.29 is 27.9 Å². The number of hydrogen-bond acceptors (Lipinski definition) is 4. The molecule has 1 fully saturated rings. The predicted molar refractivity (Wildman–Crippen MR) is 104 cm³/mol. The highest BCUT2D eigenvalue weighted by molar-refractivity contribution is 5.94. The van der Waals surface area contributed by atoms with Crippen LogP contribution in [0.1, 0.15) is 10.4 Å². The number of para-hydroxylation sites is 2. The van der Waals surface area contributed by atoms with Crippen molar-refractivity contribution in [1.82, 2.24) is 20.2 Å². The Kier molecular flexibility index (Phi) is 6.36. The minimum Gasteiger partial charge on any atom is -0.475 e. The third-order valence-corrected chi connectivity index (χ3v) is 4.44. The fraction of sp³-hybridized carbons (Fsp3) is 0.250. The first-order valence-electron chi connectivity index (χ1n) is 9.11. The highest BCUT2D eigenvalue weighted by Gasteiger charge is 2.38. The smallest absolute Gasteiger partial charge is 0.475 e. The number of piperazine rings is 1. The predicted octanol–water partition coefficient (Wildman–Crippen LogP) is 2.91. The molecule has 0 atom stereocenters. The molecule has 1 aromatic heterocycles. The van der Waals surface area contributed by atoms with Gasteiger partial charge in [-0.25, -0.2) is 9.78 Å². The molecule has 3 N–H and O–H groups in total. The Bertz CT molecular complexity index is 993. The third kappa shape index (κ3) is 5.15. The number of rotatable bonds is 2. The number of fused-ring (bicyclic) bond motifs is 1. The molecule has 2 heterocycles. The normalized spacial score (nSPS) is 14.2. The zero-order valence-corrected chi connectivity index (χ0v) is 15.7. The first kappa shape index (κ1) is 21.3. The number of H-pyrrole nitrogens is 1. The van der Waals surface area contributed by atoms with E-state index >= 15 is 0 Å². The Balaban J connectivity index is 0.000000318. The van der Waals surface area contributed by atoms with Gasteiger partial charge >= 0.3 is 12.1 Å². The average Bonchev–Trinajstić information content (AvgIpc) is 3.18. The average molecular weight is 420 g/mol. The Morgan fingerprint density at radius 2 is 1.60 bits per heavy atom. The molecule has 0 aliphatic carbocycles. The van der Waals surface area contributed by atoms with Crippen LogP contribution in [-0.2, 0) is 4.79 Å². The van der Waals surface area contributed by atoms with Gasteiger partial charge in [-0.05, 0) is 24.3 Å². The van der Waals surface area contributed by atoms with Gasteiger partial charge in [0.25, 0.3) is 5.91 Å². The van der Waals surface area contributed by atoms with Crippen molar-refractivity contribution in [2.75, 3.05) is 26.2 Å². The summed E-state index contributed by atoms with van der Waals surface area (Å²) in [5, 5.41) is 10.4. The highest BCUT2D eigenvalue weighted by Crippen LogP contribution is 2.21. The molecule has 0 bridgehead atoms.